The van der Waals surface area contributed by atoms with Crippen molar-refractivity contribution in [2.45, 2.75) is 39.0 Å². The summed E-state index contributed by atoms with van der Waals surface area (Å²) in [6.07, 6.45) is 4.87. The van der Waals surface area contributed by atoms with E-state index in [-0.39, 0.29) is 11.2 Å². The topological polar surface area (TPSA) is 52.3 Å². The molecule has 0 saturated heterocycles. The summed E-state index contributed by atoms with van der Waals surface area (Å²) in [5.74, 6) is 0.257. The van der Waals surface area contributed by atoms with Gasteiger partial charge in [0.2, 0.25) is 0 Å². The molecule has 1 aliphatic carbocycles. The first-order valence-corrected chi connectivity index (χ1v) is 9.12. The van der Waals surface area contributed by atoms with Crippen molar-refractivity contribution in [3.8, 4) is 11.1 Å². The normalized spacial score (nSPS) is 19.7. The summed E-state index contributed by atoms with van der Waals surface area (Å²) in [7, 11) is 1.70. The van der Waals surface area contributed by atoms with Gasteiger partial charge in [0.25, 0.3) is 0 Å². The van der Waals surface area contributed by atoms with Gasteiger partial charge in [-0.25, -0.2) is 0 Å². The Labute approximate surface area is 150 Å². The van der Waals surface area contributed by atoms with Gasteiger partial charge >= 0.3 is 0 Å². The Bertz CT molecular complexity index is 751. The van der Waals surface area contributed by atoms with E-state index in [1.165, 1.54) is 0 Å². The number of hydrogen-bond acceptors (Lipinski definition) is 3. The third-order valence-electron chi connectivity index (χ3n) is 5.38. The van der Waals surface area contributed by atoms with E-state index in [0.29, 0.717) is 6.61 Å². The quantitative estimate of drug-likeness (QED) is 0.764. The first kappa shape index (κ1) is 17.7. The minimum absolute atomic E-state index is 0.257. The average molecular weight is 337 g/mol. The van der Waals surface area contributed by atoms with E-state index < -0.39 is 0 Å². The van der Waals surface area contributed by atoms with Gasteiger partial charge in [0, 0.05) is 18.4 Å². The van der Waals surface area contributed by atoms with E-state index in [2.05, 4.69) is 13.0 Å². The van der Waals surface area contributed by atoms with Gasteiger partial charge in [0.1, 0.15) is 0 Å². The van der Waals surface area contributed by atoms with Crippen LogP contribution in [0.2, 0.25) is 0 Å². The first-order chi connectivity index (χ1) is 12.1. The molecule has 1 atom stereocenters. The molecule has 1 aliphatic rings. The molecule has 0 bridgehead atoms. The minimum Gasteiger partial charge on any atom is -0.399 e. The third kappa shape index (κ3) is 3.47. The van der Waals surface area contributed by atoms with E-state index >= 15 is 0 Å². The number of ether oxygens (including phenoxy) is 1. The summed E-state index contributed by atoms with van der Waals surface area (Å²) in [5.41, 5.74) is 10.5. The van der Waals surface area contributed by atoms with Crippen LogP contribution in [0.3, 0.4) is 0 Å². The number of fused-ring (bicyclic) bond motifs is 1. The Morgan fingerprint density at radius 1 is 1.12 bits per heavy atom. The number of carbonyl (C=O) groups excluding carboxylic acids is 1. The Hall–Kier alpha value is -2.13. The molecular formula is C22H27NO2. The highest BCUT2D eigenvalue weighted by Crippen LogP contribution is 2.41. The number of methoxy groups -OCH3 is 1. The molecule has 3 nitrogen and oxygen atoms in total. The van der Waals surface area contributed by atoms with Crippen LogP contribution < -0.4 is 5.73 Å². The third-order valence-corrected chi connectivity index (χ3v) is 5.38. The lowest BCUT2D eigenvalue weighted by atomic mass is 9.68. The maximum Gasteiger partial charge on any atom is 0.171 e. The smallest absolute Gasteiger partial charge is 0.171 e. The molecule has 1 unspecified atom stereocenters. The molecule has 3 heteroatoms. The number of carbonyl (C=O) groups is 1. The standard InChI is InChI=1S/C22H27NO2/c1-3-4-12-22(15-25-2)13-11-18-14-17(7-10-20(18)21(22)24)16-5-8-19(23)9-6-16/h5-10,14H,3-4,11-13,15,23H2,1-2H3. The minimum atomic E-state index is -0.347. The zero-order valence-corrected chi connectivity index (χ0v) is 15.2. The highest BCUT2D eigenvalue weighted by molar-refractivity contribution is 6.03. The molecule has 2 N–H and O–H groups in total. The number of aryl methyl sites for hydroxylation is 1. The molecule has 0 radical (unpaired) electrons. The molecule has 0 aromatic heterocycles. The number of Topliss-reactive ketones (excluding diaryl/α,β-unsaturated/α-hetero) is 1. The van der Waals surface area contributed by atoms with Crippen molar-refractivity contribution in [2.75, 3.05) is 19.5 Å². The number of anilines is 1. The van der Waals surface area contributed by atoms with Gasteiger partial charge < -0.3 is 10.5 Å². The van der Waals surface area contributed by atoms with Gasteiger partial charge in [0.15, 0.2) is 5.78 Å². The molecule has 3 rings (SSSR count). The summed E-state index contributed by atoms with van der Waals surface area (Å²) >= 11 is 0. The fourth-order valence-corrected chi connectivity index (χ4v) is 3.89. The average Bonchev–Trinajstić information content (AvgIpc) is 2.63. The van der Waals surface area contributed by atoms with Crippen LogP contribution in [-0.2, 0) is 11.2 Å². The predicted octanol–water partition coefficient (Wildman–Crippen LogP) is 4.89. The summed E-state index contributed by atoms with van der Waals surface area (Å²) in [4.78, 5) is 13.2. The van der Waals surface area contributed by atoms with Crippen LogP contribution in [0.5, 0.6) is 0 Å². The van der Waals surface area contributed by atoms with Crippen LogP contribution in [0.25, 0.3) is 11.1 Å². The van der Waals surface area contributed by atoms with Gasteiger partial charge in [-0.05, 0) is 48.1 Å². The van der Waals surface area contributed by atoms with E-state index in [9.17, 15) is 4.79 Å². The van der Waals surface area contributed by atoms with Crippen molar-refractivity contribution in [2.24, 2.45) is 5.41 Å². The molecule has 0 aliphatic heterocycles. The largest absolute Gasteiger partial charge is 0.399 e. The Kier molecular flexibility index (Phi) is 5.24. The number of nitrogen functional groups attached to an aromatic ring is 1. The summed E-state index contributed by atoms with van der Waals surface area (Å²) < 4.78 is 5.44. The first-order valence-electron chi connectivity index (χ1n) is 9.12. The van der Waals surface area contributed by atoms with Crippen molar-refractivity contribution in [3.05, 3.63) is 53.6 Å². The molecule has 2 aromatic rings. The fourth-order valence-electron chi connectivity index (χ4n) is 3.89. The second kappa shape index (κ2) is 7.40. The van der Waals surface area contributed by atoms with Crippen molar-refractivity contribution < 1.29 is 9.53 Å². The van der Waals surface area contributed by atoms with Gasteiger partial charge in [0.05, 0.1) is 12.0 Å². The molecule has 0 heterocycles. The van der Waals surface area contributed by atoms with Crippen LogP contribution in [0.1, 0.15) is 48.5 Å². The highest BCUT2D eigenvalue weighted by Gasteiger charge is 2.41. The van der Waals surface area contributed by atoms with Crippen LogP contribution in [0, 0.1) is 5.41 Å². The lowest BCUT2D eigenvalue weighted by Crippen LogP contribution is -2.40. The van der Waals surface area contributed by atoms with E-state index in [1.807, 2.05) is 36.4 Å². The summed E-state index contributed by atoms with van der Waals surface area (Å²) in [5, 5.41) is 0. The van der Waals surface area contributed by atoms with E-state index in [0.717, 1.165) is 60.0 Å². The van der Waals surface area contributed by atoms with Crippen LogP contribution in [0.4, 0.5) is 5.69 Å². The SMILES string of the molecule is CCCCC1(COC)CCc2cc(-c3ccc(N)cc3)ccc2C1=O. The zero-order chi connectivity index (χ0) is 17.9. The Morgan fingerprint density at radius 2 is 1.84 bits per heavy atom. The number of benzene rings is 2. The number of unbranched alkanes of at least 4 members (excludes halogenated alkanes) is 1. The molecule has 0 amide bonds. The second-order valence-electron chi connectivity index (χ2n) is 7.14. The van der Waals surface area contributed by atoms with Crippen LogP contribution in [-0.4, -0.2) is 19.5 Å². The predicted molar refractivity (Wildman–Crippen MR) is 103 cm³/mol. The Morgan fingerprint density at radius 3 is 2.52 bits per heavy atom. The van der Waals surface area contributed by atoms with Gasteiger partial charge in [-0.1, -0.05) is 50.1 Å². The van der Waals surface area contributed by atoms with Crippen molar-refractivity contribution in [3.63, 3.8) is 0 Å². The molecule has 25 heavy (non-hydrogen) atoms. The molecule has 0 spiro atoms. The Balaban J connectivity index is 1.92. The zero-order valence-electron chi connectivity index (χ0n) is 15.2. The lowest BCUT2D eigenvalue weighted by molar-refractivity contribution is 0.0426. The fraction of sp³-hybridized carbons (Fsp3) is 0.409. The van der Waals surface area contributed by atoms with Crippen LogP contribution >= 0.6 is 0 Å². The monoisotopic (exact) mass is 337 g/mol. The van der Waals surface area contributed by atoms with Gasteiger partial charge in [-0.15, -0.1) is 0 Å². The molecule has 132 valence electrons. The maximum absolute atomic E-state index is 13.2. The maximum atomic E-state index is 13.2. The highest BCUT2D eigenvalue weighted by atomic mass is 16.5. The number of ketones is 1. The van der Waals surface area contributed by atoms with Crippen molar-refractivity contribution >= 4 is 11.5 Å². The van der Waals surface area contributed by atoms with E-state index in [4.69, 9.17) is 10.5 Å². The number of hydrogen-bond donors (Lipinski definition) is 1. The van der Waals surface area contributed by atoms with Gasteiger partial charge in [-0.3, -0.25) is 4.79 Å². The summed E-state index contributed by atoms with van der Waals surface area (Å²) in [6.45, 7) is 2.69. The van der Waals surface area contributed by atoms with Gasteiger partial charge in [-0.2, -0.15) is 0 Å². The summed E-state index contributed by atoms with van der Waals surface area (Å²) in [6, 6.07) is 14.1. The lowest BCUT2D eigenvalue weighted by Gasteiger charge is -2.36. The van der Waals surface area contributed by atoms with E-state index in [1.54, 1.807) is 7.11 Å². The van der Waals surface area contributed by atoms with Crippen LogP contribution in [0.15, 0.2) is 42.5 Å². The van der Waals surface area contributed by atoms with Crippen molar-refractivity contribution in [1.82, 2.24) is 0 Å². The second-order valence-corrected chi connectivity index (χ2v) is 7.14. The molecule has 0 saturated carbocycles. The molecule has 0 fully saturated rings. The number of nitrogens with two attached hydrogens (primary N) is 1. The molecule has 2 aromatic carbocycles. The number of rotatable bonds is 6. The molecular weight excluding hydrogens is 310 g/mol. The van der Waals surface area contributed by atoms with Crippen molar-refractivity contribution in [1.29, 1.82) is 0 Å².